The number of nitrogens with one attached hydrogen (secondary N) is 2. The molecule has 12 heteroatoms. The Morgan fingerprint density at radius 3 is 2.74 bits per heavy atom. The number of fused-ring (bicyclic) bond motifs is 1. The summed E-state index contributed by atoms with van der Waals surface area (Å²) in [4.78, 5) is 19.9. The third-order valence-electron chi connectivity index (χ3n) is 4.85. The van der Waals surface area contributed by atoms with E-state index in [-0.39, 0.29) is 31.9 Å². The predicted molar refractivity (Wildman–Crippen MR) is 107 cm³/mol. The molecule has 1 aliphatic rings. The third kappa shape index (κ3) is 3.96. The third-order valence-corrected chi connectivity index (χ3v) is 6.38. The van der Waals surface area contributed by atoms with Gasteiger partial charge in [-0.05, 0) is 18.2 Å². The van der Waals surface area contributed by atoms with Crippen molar-refractivity contribution in [1.29, 1.82) is 0 Å². The van der Waals surface area contributed by atoms with Crippen molar-refractivity contribution in [1.82, 2.24) is 14.3 Å². The number of ether oxygens (including phenoxy) is 2. The van der Waals surface area contributed by atoms with Gasteiger partial charge in [-0.15, -0.1) is 0 Å². The van der Waals surface area contributed by atoms with E-state index in [1.54, 1.807) is 0 Å². The van der Waals surface area contributed by atoms with Gasteiger partial charge in [0.1, 0.15) is 17.2 Å². The largest absolute Gasteiger partial charge is 0.495 e. The summed E-state index contributed by atoms with van der Waals surface area (Å²) in [7, 11) is -2.70. The van der Waals surface area contributed by atoms with Gasteiger partial charge in [0.05, 0.1) is 37.8 Å². The van der Waals surface area contributed by atoms with Crippen LogP contribution in [0.2, 0.25) is 0 Å². The Hall–Kier alpha value is -3.09. The number of nitrogens with zero attached hydrogens (tertiary/aromatic N) is 2. The summed E-state index contributed by atoms with van der Waals surface area (Å²) in [6, 6.07) is 3.27. The van der Waals surface area contributed by atoms with Crippen LogP contribution < -0.4 is 9.46 Å². The molecule has 3 aromatic rings. The molecule has 4 rings (SSSR count). The minimum absolute atomic E-state index is 0.0348. The molecular formula is C19H18F2N4O5S. The van der Waals surface area contributed by atoms with Gasteiger partial charge < -0.3 is 14.5 Å². The van der Waals surface area contributed by atoms with Gasteiger partial charge in [0.2, 0.25) is 5.78 Å². The Morgan fingerprint density at radius 1 is 1.29 bits per heavy atom. The van der Waals surface area contributed by atoms with Crippen LogP contribution in [0.3, 0.4) is 0 Å². The van der Waals surface area contributed by atoms with Crippen LogP contribution >= 0.6 is 0 Å². The minimum Gasteiger partial charge on any atom is -0.495 e. The van der Waals surface area contributed by atoms with Gasteiger partial charge in [-0.2, -0.15) is 12.7 Å². The number of rotatable bonds is 6. The Balaban J connectivity index is 1.72. The van der Waals surface area contributed by atoms with Crippen molar-refractivity contribution >= 4 is 32.7 Å². The number of aromatic amines is 1. The lowest BCUT2D eigenvalue weighted by Crippen LogP contribution is -2.43. The normalized spacial score (nSPS) is 15.2. The average molecular weight is 452 g/mol. The molecule has 2 aromatic heterocycles. The summed E-state index contributed by atoms with van der Waals surface area (Å²) in [6.07, 6.45) is 2.71. The Kier molecular flexibility index (Phi) is 5.60. The summed E-state index contributed by atoms with van der Waals surface area (Å²) < 4.78 is 68.1. The van der Waals surface area contributed by atoms with Crippen LogP contribution in [-0.4, -0.2) is 61.9 Å². The van der Waals surface area contributed by atoms with E-state index < -0.39 is 38.9 Å². The molecule has 0 bridgehead atoms. The van der Waals surface area contributed by atoms with Crippen molar-refractivity contribution in [3.8, 4) is 5.75 Å². The molecule has 0 unspecified atom stereocenters. The zero-order chi connectivity index (χ0) is 22.2. The fraction of sp³-hybridized carbons (Fsp3) is 0.263. The highest BCUT2D eigenvalue weighted by Crippen LogP contribution is 2.29. The van der Waals surface area contributed by atoms with Gasteiger partial charge in [0.15, 0.2) is 5.82 Å². The molecule has 2 N–H and O–H groups in total. The molecule has 31 heavy (non-hydrogen) atoms. The quantitative estimate of drug-likeness (QED) is 0.554. The van der Waals surface area contributed by atoms with E-state index in [9.17, 15) is 17.6 Å². The summed E-state index contributed by atoms with van der Waals surface area (Å²) in [5, 5.41) is 0.308. The SMILES string of the molecule is COc1cnc2[nH]cc(C(=O)c3c(F)ccc(NS(=O)(=O)N4CCOCC4)c3F)c2c1. The van der Waals surface area contributed by atoms with Crippen LogP contribution in [0.4, 0.5) is 14.5 Å². The van der Waals surface area contributed by atoms with Crippen LogP contribution in [-0.2, 0) is 14.9 Å². The first-order chi connectivity index (χ1) is 14.8. The standard InChI is InChI=1S/C19H18F2N4O5S/c1-29-11-8-12-13(10-23-19(12)22-9-11)18(26)16-14(20)2-3-15(17(16)21)24-31(27,28)25-4-6-30-7-5-25/h2-3,8-10,24H,4-7H2,1H3,(H,22,23). The zero-order valence-electron chi connectivity index (χ0n) is 16.3. The van der Waals surface area contributed by atoms with E-state index in [4.69, 9.17) is 9.47 Å². The van der Waals surface area contributed by atoms with E-state index in [0.717, 1.165) is 16.4 Å². The van der Waals surface area contributed by atoms with E-state index in [1.165, 1.54) is 25.6 Å². The predicted octanol–water partition coefficient (Wildman–Crippen LogP) is 2.07. The number of hydrogen-bond acceptors (Lipinski definition) is 6. The van der Waals surface area contributed by atoms with Crippen molar-refractivity contribution in [2.45, 2.75) is 0 Å². The van der Waals surface area contributed by atoms with Gasteiger partial charge in [-0.25, -0.2) is 13.8 Å². The van der Waals surface area contributed by atoms with E-state index >= 15 is 4.39 Å². The molecule has 1 fully saturated rings. The maximum Gasteiger partial charge on any atom is 0.301 e. The molecule has 164 valence electrons. The van der Waals surface area contributed by atoms with Crippen molar-refractivity contribution in [3.05, 3.63) is 53.4 Å². The maximum absolute atomic E-state index is 15.1. The molecule has 0 amide bonds. The van der Waals surface area contributed by atoms with Crippen molar-refractivity contribution in [2.24, 2.45) is 0 Å². The number of benzene rings is 1. The first-order valence-electron chi connectivity index (χ1n) is 9.21. The average Bonchev–Trinajstić information content (AvgIpc) is 3.19. The molecule has 0 saturated carbocycles. The highest BCUT2D eigenvalue weighted by atomic mass is 32.2. The number of morpholine rings is 1. The highest BCUT2D eigenvalue weighted by Gasteiger charge is 2.29. The Bertz CT molecular complexity index is 1260. The lowest BCUT2D eigenvalue weighted by molar-refractivity contribution is 0.0733. The topological polar surface area (TPSA) is 114 Å². The Labute approximate surface area is 176 Å². The van der Waals surface area contributed by atoms with Crippen molar-refractivity contribution in [2.75, 3.05) is 38.1 Å². The van der Waals surface area contributed by atoms with E-state index in [0.29, 0.717) is 16.8 Å². The Morgan fingerprint density at radius 2 is 2.03 bits per heavy atom. The molecule has 1 saturated heterocycles. The number of aromatic nitrogens is 2. The van der Waals surface area contributed by atoms with Crippen LogP contribution in [0, 0.1) is 11.6 Å². The first-order valence-corrected chi connectivity index (χ1v) is 10.7. The van der Waals surface area contributed by atoms with Crippen molar-refractivity contribution < 1.29 is 31.5 Å². The molecule has 1 aliphatic heterocycles. The lowest BCUT2D eigenvalue weighted by atomic mass is 10.0. The van der Waals surface area contributed by atoms with Gasteiger partial charge in [-0.1, -0.05) is 0 Å². The molecular weight excluding hydrogens is 434 g/mol. The number of anilines is 1. The van der Waals surface area contributed by atoms with Crippen LogP contribution in [0.25, 0.3) is 11.0 Å². The first kappa shape index (κ1) is 21.2. The summed E-state index contributed by atoms with van der Waals surface area (Å²) in [5.41, 5.74) is -1.13. The molecule has 0 radical (unpaired) electrons. The second-order valence-corrected chi connectivity index (χ2v) is 8.38. The monoisotopic (exact) mass is 452 g/mol. The number of hydrogen-bond donors (Lipinski definition) is 2. The number of methoxy groups -OCH3 is 1. The number of ketones is 1. The lowest BCUT2D eigenvalue weighted by Gasteiger charge is -2.26. The number of carbonyl (C=O) groups excluding carboxylic acids is 1. The number of H-pyrrole nitrogens is 1. The summed E-state index contributed by atoms with van der Waals surface area (Å²) in [6.45, 7) is 0.589. The molecule has 3 heterocycles. The number of pyridine rings is 1. The van der Waals surface area contributed by atoms with E-state index in [1.807, 2.05) is 0 Å². The van der Waals surface area contributed by atoms with Gasteiger partial charge in [0, 0.05) is 30.2 Å². The fourth-order valence-electron chi connectivity index (χ4n) is 3.25. The summed E-state index contributed by atoms with van der Waals surface area (Å²) in [5.74, 6) is -3.05. The molecule has 0 aliphatic carbocycles. The molecule has 0 atom stereocenters. The van der Waals surface area contributed by atoms with Gasteiger partial charge >= 0.3 is 10.2 Å². The van der Waals surface area contributed by atoms with E-state index in [2.05, 4.69) is 14.7 Å². The van der Waals surface area contributed by atoms with Crippen LogP contribution in [0.1, 0.15) is 15.9 Å². The maximum atomic E-state index is 15.1. The molecule has 1 aromatic carbocycles. The van der Waals surface area contributed by atoms with Gasteiger partial charge in [0.25, 0.3) is 0 Å². The zero-order valence-corrected chi connectivity index (χ0v) is 17.1. The summed E-state index contributed by atoms with van der Waals surface area (Å²) >= 11 is 0. The smallest absolute Gasteiger partial charge is 0.301 e. The second-order valence-electron chi connectivity index (χ2n) is 6.71. The number of halogens is 2. The van der Waals surface area contributed by atoms with Crippen molar-refractivity contribution in [3.63, 3.8) is 0 Å². The van der Waals surface area contributed by atoms with Crippen LogP contribution in [0.5, 0.6) is 5.75 Å². The fourth-order valence-corrected chi connectivity index (χ4v) is 4.44. The van der Waals surface area contributed by atoms with Crippen LogP contribution in [0.15, 0.2) is 30.6 Å². The second kappa shape index (κ2) is 8.21. The number of carbonyl (C=O) groups is 1. The molecule has 9 nitrogen and oxygen atoms in total. The highest BCUT2D eigenvalue weighted by molar-refractivity contribution is 7.90. The molecule has 0 spiro atoms. The minimum atomic E-state index is -4.11. The van der Waals surface area contributed by atoms with Gasteiger partial charge in [-0.3, -0.25) is 9.52 Å².